The van der Waals surface area contributed by atoms with Gasteiger partial charge in [0.15, 0.2) is 0 Å². The van der Waals surface area contributed by atoms with E-state index in [2.05, 4.69) is 16.8 Å². The van der Waals surface area contributed by atoms with E-state index in [0.29, 0.717) is 0 Å². The molecule has 0 aromatic carbocycles. The van der Waals surface area contributed by atoms with Crippen LogP contribution in [0.25, 0.3) is 0 Å². The average molecular weight is 259 g/mol. The zero-order valence-electron chi connectivity index (χ0n) is 11.8. The molecule has 4 nitrogen and oxygen atoms in total. The summed E-state index contributed by atoms with van der Waals surface area (Å²) in [7, 11) is 2.02. The monoisotopic (exact) mass is 259 g/mol. The summed E-state index contributed by atoms with van der Waals surface area (Å²) in [5.41, 5.74) is 7.95. The average Bonchev–Trinajstić information content (AvgIpc) is 2.83. The van der Waals surface area contributed by atoms with Crippen molar-refractivity contribution in [2.45, 2.75) is 32.9 Å². The maximum absolute atomic E-state index is 5.96. The fourth-order valence-electron chi connectivity index (χ4n) is 1.95. The lowest BCUT2D eigenvalue weighted by atomic mass is 10.1. The lowest BCUT2D eigenvalue weighted by Gasteiger charge is -2.18. The molecule has 0 aliphatic heterocycles. The lowest BCUT2D eigenvalue weighted by molar-refractivity contribution is 0.481. The molecule has 1 atom stereocenters. The summed E-state index contributed by atoms with van der Waals surface area (Å²) in [5.74, 6) is 1.89. The summed E-state index contributed by atoms with van der Waals surface area (Å²) in [6.07, 6.45) is 2.76. The van der Waals surface area contributed by atoms with Crippen LogP contribution in [0.5, 0.6) is 0 Å². The van der Waals surface area contributed by atoms with E-state index in [-0.39, 0.29) is 6.04 Å². The summed E-state index contributed by atoms with van der Waals surface area (Å²) in [4.78, 5) is 6.52. The smallest absolute Gasteiger partial charge is 0.123 e. The minimum absolute atomic E-state index is 0.0204. The van der Waals surface area contributed by atoms with Gasteiger partial charge >= 0.3 is 0 Å². The van der Waals surface area contributed by atoms with Crippen molar-refractivity contribution in [3.05, 3.63) is 47.7 Å². The first-order valence-electron chi connectivity index (χ1n) is 6.58. The Hall–Kier alpha value is -1.81. The van der Waals surface area contributed by atoms with E-state index in [1.54, 1.807) is 0 Å². The van der Waals surface area contributed by atoms with Crippen molar-refractivity contribution in [3.63, 3.8) is 0 Å². The predicted octanol–water partition coefficient (Wildman–Crippen LogP) is 3.03. The second-order valence-corrected chi connectivity index (χ2v) is 4.82. The van der Waals surface area contributed by atoms with Crippen LogP contribution in [0, 0.1) is 6.92 Å². The Balaban J connectivity index is 2.05. The van der Waals surface area contributed by atoms with Gasteiger partial charge in [0, 0.05) is 13.1 Å². The van der Waals surface area contributed by atoms with Gasteiger partial charge in [-0.1, -0.05) is 6.92 Å². The van der Waals surface area contributed by atoms with E-state index in [0.717, 1.165) is 35.9 Å². The number of aromatic nitrogens is 1. The third-order valence-corrected chi connectivity index (χ3v) is 3.22. The molecule has 0 radical (unpaired) electrons. The number of pyridine rings is 1. The Morgan fingerprint density at radius 1 is 1.32 bits per heavy atom. The van der Waals surface area contributed by atoms with Gasteiger partial charge < -0.3 is 15.1 Å². The van der Waals surface area contributed by atoms with Crippen LogP contribution in [0.4, 0.5) is 5.69 Å². The first kappa shape index (κ1) is 13.6. The molecule has 4 heteroatoms. The molecule has 2 heterocycles. The minimum atomic E-state index is 0.0204. The number of hydrogen-bond donors (Lipinski definition) is 1. The van der Waals surface area contributed by atoms with E-state index in [4.69, 9.17) is 10.2 Å². The first-order valence-corrected chi connectivity index (χ1v) is 6.58. The van der Waals surface area contributed by atoms with Gasteiger partial charge in [0.2, 0.25) is 0 Å². The highest BCUT2D eigenvalue weighted by atomic mass is 16.3. The fourth-order valence-corrected chi connectivity index (χ4v) is 1.95. The number of furan rings is 1. The van der Waals surface area contributed by atoms with E-state index < -0.39 is 0 Å². The molecule has 0 aliphatic rings. The Kier molecular flexibility index (Phi) is 4.22. The zero-order valence-corrected chi connectivity index (χ0v) is 11.8. The van der Waals surface area contributed by atoms with E-state index in [9.17, 15) is 0 Å². The van der Waals surface area contributed by atoms with Crippen LogP contribution >= 0.6 is 0 Å². The maximum Gasteiger partial charge on any atom is 0.123 e. The van der Waals surface area contributed by atoms with E-state index in [1.165, 1.54) is 0 Å². The number of hydrogen-bond acceptors (Lipinski definition) is 4. The molecule has 0 fully saturated rings. The molecule has 0 bridgehead atoms. The second kappa shape index (κ2) is 5.89. The van der Waals surface area contributed by atoms with Gasteiger partial charge in [-0.2, -0.15) is 0 Å². The van der Waals surface area contributed by atoms with Crippen LogP contribution in [0.3, 0.4) is 0 Å². The van der Waals surface area contributed by atoms with Crippen LogP contribution < -0.4 is 10.6 Å². The molecule has 19 heavy (non-hydrogen) atoms. The zero-order chi connectivity index (χ0) is 13.8. The molecule has 102 valence electrons. The first-order chi connectivity index (χ1) is 9.10. The van der Waals surface area contributed by atoms with Crippen molar-refractivity contribution in [2.24, 2.45) is 5.73 Å². The third kappa shape index (κ3) is 3.35. The van der Waals surface area contributed by atoms with Gasteiger partial charge in [-0.05, 0) is 37.6 Å². The van der Waals surface area contributed by atoms with Crippen LogP contribution in [-0.4, -0.2) is 12.0 Å². The molecular formula is C15H21N3O. The highest BCUT2D eigenvalue weighted by molar-refractivity contribution is 5.44. The molecule has 0 amide bonds. The van der Waals surface area contributed by atoms with Crippen molar-refractivity contribution in [1.29, 1.82) is 0 Å². The van der Waals surface area contributed by atoms with Gasteiger partial charge in [0.05, 0.1) is 24.1 Å². The lowest BCUT2D eigenvalue weighted by Crippen LogP contribution is -2.17. The van der Waals surface area contributed by atoms with Crippen LogP contribution in [0.15, 0.2) is 34.9 Å². The van der Waals surface area contributed by atoms with Gasteiger partial charge in [0.1, 0.15) is 11.5 Å². The van der Waals surface area contributed by atoms with Crippen LogP contribution in [0.2, 0.25) is 0 Å². The highest BCUT2D eigenvalue weighted by Gasteiger charge is 2.08. The molecular weight excluding hydrogens is 238 g/mol. The molecule has 2 aromatic heterocycles. The summed E-state index contributed by atoms with van der Waals surface area (Å²) < 4.78 is 5.57. The largest absolute Gasteiger partial charge is 0.464 e. The van der Waals surface area contributed by atoms with Crippen molar-refractivity contribution >= 4 is 5.69 Å². The fraction of sp³-hybridized carbons (Fsp3) is 0.400. The molecule has 2 aromatic rings. The predicted molar refractivity (Wildman–Crippen MR) is 77.0 cm³/mol. The number of aryl methyl sites for hydroxylation is 1. The van der Waals surface area contributed by atoms with Gasteiger partial charge in [-0.25, -0.2) is 0 Å². The number of anilines is 1. The van der Waals surface area contributed by atoms with Crippen molar-refractivity contribution in [2.75, 3.05) is 11.9 Å². The summed E-state index contributed by atoms with van der Waals surface area (Å²) in [6.45, 7) is 4.74. The summed E-state index contributed by atoms with van der Waals surface area (Å²) >= 11 is 0. The molecule has 0 aliphatic carbocycles. The summed E-state index contributed by atoms with van der Waals surface area (Å²) in [5, 5.41) is 0. The molecule has 0 spiro atoms. The maximum atomic E-state index is 5.96. The number of nitrogens with zero attached hydrogens (tertiary/aromatic N) is 2. The van der Waals surface area contributed by atoms with Gasteiger partial charge in [-0.3, -0.25) is 4.98 Å². The van der Waals surface area contributed by atoms with Crippen molar-refractivity contribution < 1.29 is 4.42 Å². The third-order valence-electron chi connectivity index (χ3n) is 3.22. The molecule has 0 saturated carbocycles. The van der Waals surface area contributed by atoms with E-state index >= 15 is 0 Å². The van der Waals surface area contributed by atoms with Crippen LogP contribution in [0.1, 0.15) is 36.6 Å². The van der Waals surface area contributed by atoms with Crippen LogP contribution in [-0.2, 0) is 6.54 Å². The van der Waals surface area contributed by atoms with Gasteiger partial charge in [0.25, 0.3) is 0 Å². The molecule has 2 rings (SSSR count). The Bertz CT molecular complexity index is 518. The number of nitrogens with two attached hydrogens (primary N) is 1. The minimum Gasteiger partial charge on any atom is -0.464 e. The highest BCUT2D eigenvalue weighted by Crippen LogP contribution is 2.18. The topological polar surface area (TPSA) is 55.3 Å². The molecule has 2 N–H and O–H groups in total. The van der Waals surface area contributed by atoms with Crippen molar-refractivity contribution in [1.82, 2.24) is 4.98 Å². The normalized spacial score (nSPS) is 12.4. The Morgan fingerprint density at radius 3 is 2.63 bits per heavy atom. The molecule has 0 unspecified atom stereocenters. The van der Waals surface area contributed by atoms with Gasteiger partial charge in [-0.15, -0.1) is 0 Å². The Labute approximate surface area is 114 Å². The van der Waals surface area contributed by atoms with E-state index in [1.807, 2.05) is 44.4 Å². The quantitative estimate of drug-likeness (QED) is 0.896. The standard InChI is InChI=1S/C15H21N3O/c1-4-14(16)15-8-6-12(9-17-15)18(3)10-13-7-5-11(2)19-13/h5-9,14H,4,10,16H2,1-3H3/t14-/m1/s1. The second-order valence-electron chi connectivity index (χ2n) is 4.82. The summed E-state index contributed by atoms with van der Waals surface area (Å²) in [6, 6.07) is 8.04. The Morgan fingerprint density at radius 2 is 2.11 bits per heavy atom. The molecule has 0 saturated heterocycles. The number of rotatable bonds is 5. The van der Waals surface area contributed by atoms with Crippen molar-refractivity contribution in [3.8, 4) is 0 Å². The SMILES string of the molecule is CC[C@@H](N)c1ccc(N(C)Cc2ccc(C)o2)cn1.